The van der Waals surface area contributed by atoms with Gasteiger partial charge in [0.05, 0.1) is 10.7 Å². The van der Waals surface area contributed by atoms with Gasteiger partial charge in [0.15, 0.2) is 0 Å². The number of fused-ring (bicyclic) bond motifs is 1. The fourth-order valence-corrected chi connectivity index (χ4v) is 4.02. The first-order chi connectivity index (χ1) is 8.24. The van der Waals surface area contributed by atoms with E-state index in [-0.39, 0.29) is 0 Å². The second kappa shape index (κ2) is 4.54. The molecule has 2 atom stereocenters. The molecule has 0 radical (unpaired) electrons. The topological polar surface area (TPSA) is 12.9 Å². The van der Waals surface area contributed by atoms with Crippen LogP contribution in [0.5, 0.6) is 0 Å². The van der Waals surface area contributed by atoms with Crippen LogP contribution in [0, 0.1) is 12.8 Å². The molecule has 3 heteroatoms. The van der Waals surface area contributed by atoms with Crippen LogP contribution in [0.15, 0.2) is 29.6 Å². The Kier molecular flexibility index (Phi) is 3.05. The lowest BCUT2D eigenvalue weighted by Crippen LogP contribution is -2.06. The Morgan fingerprint density at radius 1 is 1.41 bits per heavy atom. The van der Waals surface area contributed by atoms with Crippen molar-refractivity contribution in [2.75, 3.05) is 0 Å². The van der Waals surface area contributed by atoms with Crippen LogP contribution < -0.4 is 0 Å². The minimum atomic E-state index is 0.487. The molecule has 2 unspecified atom stereocenters. The third-order valence-electron chi connectivity index (χ3n) is 3.39. The highest BCUT2D eigenvalue weighted by Crippen LogP contribution is 2.43. The van der Waals surface area contributed by atoms with Gasteiger partial charge in [-0.05, 0) is 36.8 Å². The predicted octanol–water partition coefficient (Wildman–Crippen LogP) is 4.30. The standard InChI is InChI=1S/C14H14BrNS/c1-9-16-12(8-17-9)7-11-6-10-4-2-3-5-13(10)14(11)15/h2-5,8,11,14H,6-7H2,1H3. The molecule has 0 bridgehead atoms. The second-order valence-corrected chi connectivity index (χ2v) is 6.68. The van der Waals surface area contributed by atoms with Crippen molar-refractivity contribution in [1.29, 1.82) is 0 Å². The molecule has 0 amide bonds. The quantitative estimate of drug-likeness (QED) is 0.754. The lowest BCUT2D eigenvalue weighted by atomic mass is 10.0. The molecule has 0 fully saturated rings. The summed E-state index contributed by atoms with van der Waals surface area (Å²) in [6.07, 6.45) is 2.25. The van der Waals surface area contributed by atoms with Crippen molar-refractivity contribution in [3.05, 3.63) is 51.5 Å². The molecule has 0 N–H and O–H groups in total. The van der Waals surface area contributed by atoms with E-state index < -0.39 is 0 Å². The largest absolute Gasteiger partial charge is 0.247 e. The van der Waals surface area contributed by atoms with Gasteiger partial charge in [0, 0.05) is 10.2 Å². The van der Waals surface area contributed by atoms with E-state index in [0.717, 1.165) is 6.42 Å². The number of rotatable bonds is 2. The Balaban J connectivity index is 1.80. The fourth-order valence-electron chi connectivity index (χ4n) is 2.58. The molecular formula is C14H14BrNS. The smallest absolute Gasteiger partial charge is 0.0897 e. The van der Waals surface area contributed by atoms with Gasteiger partial charge in [-0.25, -0.2) is 4.98 Å². The zero-order valence-corrected chi connectivity index (χ0v) is 12.1. The van der Waals surface area contributed by atoms with Crippen molar-refractivity contribution in [2.24, 2.45) is 5.92 Å². The summed E-state index contributed by atoms with van der Waals surface area (Å²) in [5.74, 6) is 0.647. The first-order valence-electron chi connectivity index (χ1n) is 5.87. The van der Waals surface area contributed by atoms with Crippen LogP contribution in [0.25, 0.3) is 0 Å². The number of aromatic nitrogens is 1. The van der Waals surface area contributed by atoms with Crippen molar-refractivity contribution in [2.45, 2.75) is 24.6 Å². The molecule has 0 saturated carbocycles. The van der Waals surface area contributed by atoms with Gasteiger partial charge in [-0.1, -0.05) is 40.2 Å². The monoisotopic (exact) mass is 307 g/mol. The molecule has 1 aromatic carbocycles. The number of benzene rings is 1. The van der Waals surface area contributed by atoms with Crippen molar-refractivity contribution < 1.29 is 0 Å². The summed E-state index contributed by atoms with van der Waals surface area (Å²) in [5.41, 5.74) is 4.20. The zero-order valence-electron chi connectivity index (χ0n) is 9.69. The van der Waals surface area contributed by atoms with E-state index in [2.05, 4.69) is 57.5 Å². The number of aryl methyl sites for hydroxylation is 1. The molecule has 0 spiro atoms. The minimum absolute atomic E-state index is 0.487. The lowest BCUT2D eigenvalue weighted by molar-refractivity contribution is 0.548. The number of hydrogen-bond acceptors (Lipinski definition) is 2. The van der Waals surface area contributed by atoms with Gasteiger partial charge < -0.3 is 0 Å². The number of halogens is 1. The third kappa shape index (κ3) is 2.18. The van der Waals surface area contributed by atoms with Crippen LogP contribution in [-0.2, 0) is 12.8 Å². The van der Waals surface area contributed by atoms with E-state index in [1.54, 1.807) is 11.3 Å². The van der Waals surface area contributed by atoms with E-state index in [1.807, 2.05) is 0 Å². The molecule has 0 saturated heterocycles. The third-order valence-corrected chi connectivity index (χ3v) is 5.45. The average molecular weight is 308 g/mol. The average Bonchev–Trinajstić information content (AvgIpc) is 2.86. The Morgan fingerprint density at radius 2 is 2.24 bits per heavy atom. The van der Waals surface area contributed by atoms with E-state index in [4.69, 9.17) is 0 Å². The maximum absolute atomic E-state index is 4.57. The SMILES string of the molecule is Cc1nc(CC2Cc3ccccc3C2Br)cs1. The van der Waals surface area contributed by atoms with E-state index >= 15 is 0 Å². The first-order valence-corrected chi connectivity index (χ1v) is 7.66. The van der Waals surface area contributed by atoms with Gasteiger partial charge in [0.25, 0.3) is 0 Å². The molecule has 1 heterocycles. The van der Waals surface area contributed by atoms with Gasteiger partial charge in [-0.3, -0.25) is 0 Å². The Hall–Kier alpha value is -0.670. The summed E-state index contributed by atoms with van der Waals surface area (Å²) in [6, 6.07) is 8.74. The summed E-state index contributed by atoms with van der Waals surface area (Å²) in [4.78, 5) is 5.06. The van der Waals surface area contributed by atoms with Crippen molar-refractivity contribution >= 4 is 27.3 Å². The molecule has 1 aromatic heterocycles. The van der Waals surface area contributed by atoms with E-state index in [9.17, 15) is 0 Å². The number of hydrogen-bond donors (Lipinski definition) is 0. The van der Waals surface area contributed by atoms with Crippen LogP contribution in [0.3, 0.4) is 0 Å². The maximum Gasteiger partial charge on any atom is 0.0897 e. The number of thiazole rings is 1. The van der Waals surface area contributed by atoms with E-state index in [1.165, 1.54) is 28.2 Å². The molecule has 2 aromatic rings. The molecule has 3 rings (SSSR count). The molecule has 1 aliphatic carbocycles. The van der Waals surface area contributed by atoms with Crippen LogP contribution in [-0.4, -0.2) is 4.98 Å². The summed E-state index contributed by atoms with van der Waals surface area (Å²) >= 11 is 5.59. The van der Waals surface area contributed by atoms with Crippen molar-refractivity contribution in [3.63, 3.8) is 0 Å². The highest BCUT2D eigenvalue weighted by molar-refractivity contribution is 9.09. The number of alkyl halides is 1. The molecule has 88 valence electrons. The summed E-state index contributed by atoms with van der Waals surface area (Å²) < 4.78 is 0. The molecule has 0 aliphatic heterocycles. The van der Waals surface area contributed by atoms with Gasteiger partial charge >= 0.3 is 0 Å². The van der Waals surface area contributed by atoms with Crippen LogP contribution in [0.1, 0.15) is 26.7 Å². The predicted molar refractivity (Wildman–Crippen MR) is 75.9 cm³/mol. The minimum Gasteiger partial charge on any atom is -0.247 e. The maximum atomic E-state index is 4.57. The van der Waals surface area contributed by atoms with Crippen molar-refractivity contribution in [1.82, 2.24) is 4.98 Å². The van der Waals surface area contributed by atoms with Crippen LogP contribution in [0.4, 0.5) is 0 Å². The molecule has 17 heavy (non-hydrogen) atoms. The second-order valence-electron chi connectivity index (χ2n) is 4.63. The molecule has 1 aliphatic rings. The molecular weight excluding hydrogens is 294 g/mol. The normalized spacial score (nSPS) is 22.7. The summed E-state index contributed by atoms with van der Waals surface area (Å²) in [7, 11) is 0. The summed E-state index contributed by atoms with van der Waals surface area (Å²) in [6.45, 7) is 2.07. The van der Waals surface area contributed by atoms with Gasteiger partial charge in [0.1, 0.15) is 0 Å². The lowest BCUT2D eigenvalue weighted by Gasteiger charge is -2.12. The van der Waals surface area contributed by atoms with Crippen LogP contribution >= 0.6 is 27.3 Å². The highest BCUT2D eigenvalue weighted by Gasteiger charge is 2.30. The van der Waals surface area contributed by atoms with Gasteiger partial charge in [-0.2, -0.15) is 0 Å². The van der Waals surface area contributed by atoms with Crippen LogP contribution in [0.2, 0.25) is 0 Å². The van der Waals surface area contributed by atoms with Gasteiger partial charge in [-0.15, -0.1) is 11.3 Å². The zero-order chi connectivity index (χ0) is 11.8. The fraction of sp³-hybridized carbons (Fsp3) is 0.357. The van der Waals surface area contributed by atoms with Crippen molar-refractivity contribution in [3.8, 4) is 0 Å². The van der Waals surface area contributed by atoms with E-state index in [0.29, 0.717) is 10.7 Å². The Morgan fingerprint density at radius 3 is 2.94 bits per heavy atom. The first kappa shape index (κ1) is 11.4. The summed E-state index contributed by atoms with van der Waals surface area (Å²) in [5, 5.41) is 3.36. The highest BCUT2D eigenvalue weighted by atomic mass is 79.9. The number of nitrogens with zero attached hydrogens (tertiary/aromatic N) is 1. The Labute approximate surface area is 114 Å². The molecule has 1 nitrogen and oxygen atoms in total. The van der Waals surface area contributed by atoms with Gasteiger partial charge in [0.2, 0.25) is 0 Å². The Bertz CT molecular complexity index is 535.